The average molecular weight is 311 g/mol. The van der Waals surface area contributed by atoms with E-state index in [1.165, 1.54) is 0 Å². The Kier molecular flexibility index (Phi) is 3.42. The quantitative estimate of drug-likeness (QED) is 0.772. The van der Waals surface area contributed by atoms with Gasteiger partial charge in [0, 0.05) is 30.6 Å². The number of amides is 1. The number of benzene rings is 1. The van der Waals surface area contributed by atoms with Crippen LogP contribution in [0.4, 0.5) is 0 Å². The fourth-order valence-electron chi connectivity index (χ4n) is 2.63. The van der Waals surface area contributed by atoms with Crippen LogP contribution in [0.3, 0.4) is 0 Å². The molecule has 2 aromatic heterocycles. The predicted octanol–water partition coefficient (Wildman–Crippen LogP) is 1.52. The van der Waals surface area contributed by atoms with Gasteiger partial charge in [0.1, 0.15) is 0 Å². The van der Waals surface area contributed by atoms with Gasteiger partial charge in [-0.2, -0.15) is 0 Å². The number of hydrogen-bond acceptors (Lipinski definition) is 5. The van der Waals surface area contributed by atoms with Crippen LogP contribution in [0.2, 0.25) is 0 Å². The van der Waals surface area contributed by atoms with E-state index in [0.29, 0.717) is 30.4 Å². The summed E-state index contributed by atoms with van der Waals surface area (Å²) in [7, 11) is 1.66. The molecule has 1 amide bonds. The van der Waals surface area contributed by atoms with Crippen LogP contribution in [-0.4, -0.2) is 45.4 Å². The van der Waals surface area contributed by atoms with Crippen LogP contribution in [0.25, 0.3) is 22.1 Å². The first kappa shape index (κ1) is 14.1. The molecule has 2 heterocycles. The second kappa shape index (κ2) is 5.58. The zero-order valence-corrected chi connectivity index (χ0v) is 12.8. The van der Waals surface area contributed by atoms with Gasteiger partial charge in [-0.15, -0.1) is 10.2 Å². The summed E-state index contributed by atoms with van der Waals surface area (Å²) in [6.45, 7) is 1.25. The van der Waals surface area contributed by atoms with Crippen LogP contribution in [-0.2, 0) is 11.3 Å². The van der Waals surface area contributed by atoms with Crippen LogP contribution >= 0.6 is 0 Å². The third kappa shape index (κ3) is 2.63. The lowest BCUT2D eigenvalue weighted by molar-refractivity contribution is 0.0951. The Labute approximate surface area is 132 Å². The smallest absolute Gasteiger partial charge is 0.251 e. The predicted molar refractivity (Wildman–Crippen MR) is 85.2 cm³/mol. The van der Waals surface area contributed by atoms with Crippen molar-refractivity contribution in [2.75, 3.05) is 13.7 Å². The first-order valence-electron chi connectivity index (χ1n) is 7.67. The molecule has 1 aromatic carbocycles. The van der Waals surface area contributed by atoms with Crippen molar-refractivity contribution in [1.82, 2.24) is 25.1 Å². The highest BCUT2D eigenvalue weighted by Crippen LogP contribution is 2.24. The number of nitrogens with one attached hydrogen (secondary N) is 1. The maximum absolute atomic E-state index is 12.3. The first-order chi connectivity index (χ1) is 11.3. The van der Waals surface area contributed by atoms with Crippen LogP contribution in [0.15, 0.2) is 24.5 Å². The van der Waals surface area contributed by atoms with E-state index in [0.717, 1.165) is 29.3 Å². The number of ether oxygens (including phenoxy) is 1. The summed E-state index contributed by atoms with van der Waals surface area (Å²) in [6, 6.07) is 5.82. The van der Waals surface area contributed by atoms with E-state index < -0.39 is 0 Å². The summed E-state index contributed by atoms with van der Waals surface area (Å²) >= 11 is 0. The number of hydrogen-bond donors (Lipinski definition) is 1. The van der Waals surface area contributed by atoms with E-state index in [9.17, 15) is 4.79 Å². The molecular formula is C16H17N5O2. The Balaban J connectivity index is 1.81. The van der Waals surface area contributed by atoms with Gasteiger partial charge in [0.2, 0.25) is 5.65 Å². The molecule has 7 nitrogen and oxygen atoms in total. The van der Waals surface area contributed by atoms with Crippen LogP contribution < -0.4 is 5.32 Å². The summed E-state index contributed by atoms with van der Waals surface area (Å²) in [5.41, 5.74) is 2.85. The van der Waals surface area contributed by atoms with E-state index in [1.54, 1.807) is 19.5 Å². The standard InChI is InChI=1S/C16H17N5O2/c1-23-7-6-21-9-17-15-14(21)12-8-10(2-5-13(12)19-20-15)16(22)18-11-3-4-11/h2,5,8-9,11H,3-4,6-7H2,1H3,(H,18,22). The van der Waals surface area contributed by atoms with Crippen molar-refractivity contribution in [1.29, 1.82) is 0 Å². The maximum atomic E-state index is 12.3. The Bertz CT molecular complexity index is 885. The number of aromatic nitrogens is 4. The van der Waals surface area contributed by atoms with Gasteiger partial charge in [-0.05, 0) is 31.0 Å². The summed E-state index contributed by atoms with van der Waals surface area (Å²) < 4.78 is 7.12. The maximum Gasteiger partial charge on any atom is 0.251 e. The molecule has 0 atom stereocenters. The zero-order valence-electron chi connectivity index (χ0n) is 12.8. The molecular weight excluding hydrogens is 294 g/mol. The largest absolute Gasteiger partial charge is 0.383 e. The minimum Gasteiger partial charge on any atom is -0.383 e. The van der Waals surface area contributed by atoms with Crippen molar-refractivity contribution in [2.24, 2.45) is 0 Å². The lowest BCUT2D eigenvalue weighted by Gasteiger charge is -2.07. The molecule has 23 heavy (non-hydrogen) atoms. The Morgan fingerprint density at radius 2 is 2.26 bits per heavy atom. The number of carbonyl (C=O) groups is 1. The minimum atomic E-state index is -0.0395. The molecule has 1 aliphatic rings. The first-order valence-corrected chi connectivity index (χ1v) is 7.67. The molecule has 4 rings (SSSR count). The molecule has 0 spiro atoms. The van der Waals surface area contributed by atoms with Gasteiger partial charge in [0.25, 0.3) is 5.91 Å². The highest BCUT2D eigenvalue weighted by Gasteiger charge is 2.24. The minimum absolute atomic E-state index is 0.0395. The molecule has 0 aliphatic heterocycles. The summed E-state index contributed by atoms with van der Waals surface area (Å²) in [6.07, 6.45) is 3.87. The highest BCUT2D eigenvalue weighted by molar-refractivity contribution is 6.05. The van der Waals surface area contributed by atoms with Crippen molar-refractivity contribution >= 4 is 28.0 Å². The number of rotatable bonds is 5. The molecule has 1 aliphatic carbocycles. The Morgan fingerprint density at radius 1 is 1.39 bits per heavy atom. The average Bonchev–Trinajstić information content (AvgIpc) is 3.29. The molecule has 3 aromatic rings. The molecule has 118 valence electrons. The second-order valence-corrected chi connectivity index (χ2v) is 5.78. The third-order valence-electron chi connectivity index (χ3n) is 4.03. The molecule has 0 bridgehead atoms. The Morgan fingerprint density at radius 3 is 3.04 bits per heavy atom. The number of imidazole rings is 1. The lowest BCUT2D eigenvalue weighted by Crippen LogP contribution is -2.25. The van der Waals surface area contributed by atoms with Gasteiger partial charge in [0.15, 0.2) is 0 Å². The molecule has 1 fully saturated rings. The summed E-state index contributed by atoms with van der Waals surface area (Å²) in [5, 5.41) is 12.2. The summed E-state index contributed by atoms with van der Waals surface area (Å²) in [5.74, 6) is -0.0395. The number of fused-ring (bicyclic) bond motifs is 3. The van der Waals surface area contributed by atoms with Gasteiger partial charge < -0.3 is 14.6 Å². The Hall–Kier alpha value is -2.54. The zero-order chi connectivity index (χ0) is 15.8. The number of carbonyl (C=O) groups excluding carboxylic acids is 1. The van der Waals surface area contributed by atoms with Crippen LogP contribution in [0.5, 0.6) is 0 Å². The SMILES string of the molecule is COCCn1cnc2nnc3ccc(C(=O)NC4CC4)cc3c21. The molecule has 0 unspecified atom stereocenters. The fourth-order valence-corrected chi connectivity index (χ4v) is 2.63. The van der Waals surface area contributed by atoms with Gasteiger partial charge in [-0.1, -0.05) is 0 Å². The van der Waals surface area contributed by atoms with Crippen LogP contribution in [0, 0.1) is 0 Å². The highest BCUT2D eigenvalue weighted by atomic mass is 16.5. The number of methoxy groups -OCH3 is 1. The monoisotopic (exact) mass is 311 g/mol. The van der Waals surface area contributed by atoms with Crippen molar-refractivity contribution in [3.63, 3.8) is 0 Å². The molecule has 0 saturated heterocycles. The van der Waals surface area contributed by atoms with Crippen LogP contribution in [0.1, 0.15) is 23.2 Å². The van der Waals surface area contributed by atoms with Crippen molar-refractivity contribution in [3.05, 3.63) is 30.1 Å². The van der Waals surface area contributed by atoms with E-state index >= 15 is 0 Å². The van der Waals surface area contributed by atoms with Crippen molar-refractivity contribution in [3.8, 4) is 0 Å². The normalized spacial score (nSPS) is 14.5. The van der Waals surface area contributed by atoms with Crippen molar-refractivity contribution in [2.45, 2.75) is 25.4 Å². The summed E-state index contributed by atoms with van der Waals surface area (Å²) in [4.78, 5) is 16.6. The molecule has 7 heteroatoms. The molecule has 1 saturated carbocycles. The lowest BCUT2D eigenvalue weighted by atomic mass is 10.1. The van der Waals surface area contributed by atoms with Gasteiger partial charge in [-0.25, -0.2) is 4.98 Å². The van der Waals surface area contributed by atoms with E-state index in [2.05, 4.69) is 20.5 Å². The molecule has 1 N–H and O–H groups in total. The van der Waals surface area contributed by atoms with E-state index in [4.69, 9.17) is 4.74 Å². The van der Waals surface area contributed by atoms with Gasteiger partial charge in [0.05, 0.1) is 24.0 Å². The second-order valence-electron chi connectivity index (χ2n) is 5.78. The fraction of sp³-hybridized carbons (Fsp3) is 0.375. The van der Waals surface area contributed by atoms with Crippen molar-refractivity contribution < 1.29 is 9.53 Å². The third-order valence-corrected chi connectivity index (χ3v) is 4.03. The number of nitrogens with zero attached hydrogens (tertiary/aromatic N) is 4. The van der Waals surface area contributed by atoms with E-state index in [1.807, 2.05) is 16.7 Å². The van der Waals surface area contributed by atoms with Gasteiger partial charge in [-0.3, -0.25) is 4.79 Å². The molecule has 0 radical (unpaired) electrons. The van der Waals surface area contributed by atoms with Gasteiger partial charge >= 0.3 is 0 Å². The topological polar surface area (TPSA) is 81.9 Å². The van der Waals surface area contributed by atoms with E-state index in [-0.39, 0.29) is 5.91 Å².